The van der Waals surface area contributed by atoms with Crippen molar-refractivity contribution < 1.29 is 22.6 Å². The lowest BCUT2D eigenvalue weighted by atomic mass is 9.96. The van der Waals surface area contributed by atoms with E-state index < -0.39 is 12.8 Å². The summed E-state index contributed by atoms with van der Waals surface area (Å²) in [6.07, 6.45) is -1.12. The molecule has 0 unspecified atom stereocenters. The Kier molecular flexibility index (Phi) is 8.22. The van der Waals surface area contributed by atoms with Gasteiger partial charge in [0, 0.05) is 46.0 Å². The van der Waals surface area contributed by atoms with E-state index in [0.29, 0.717) is 24.0 Å². The van der Waals surface area contributed by atoms with Crippen LogP contribution in [-0.2, 0) is 11.3 Å². The van der Waals surface area contributed by atoms with Gasteiger partial charge in [0.15, 0.2) is 12.6 Å². The van der Waals surface area contributed by atoms with Crippen LogP contribution in [0.4, 0.5) is 13.2 Å². The zero-order valence-corrected chi connectivity index (χ0v) is 15.9. The summed E-state index contributed by atoms with van der Waals surface area (Å²) in [5.41, 5.74) is 0.653. The number of ether oxygens (including phenoxy) is 2. The Balaban J connectivity index is 1.86. The van der Waals surface area contributed by atoms with Crippen LogP contribution in [0.15, 0.2) is 29.3 Å². The number of alkyl halides is 3. The molecule has 0 aliphatic carbocycles. The van der Waals surface area contributed by atoms with Crippen LogP contribution in [0.3, 0.4) is 0 Å². The van der Waals surface area contributed by atoms with Gasteiger partial charge >= 0.3 is 6.18 Å². The molecule has 1 fully saturated rings. The number of para-hydroxylation sites is 1. The topological polar surface area (TPSA) is 46.1 Å². The minimum Gasteiger partial charge on any atom is -0.484 e. The summed E-state index contributed by atoms with van der Waals surface area (Å²) in [6, 6.07) is 6.72. The molecular weight excluding hydrogens is 359 g/mol. The van der Waals surface area contributed by atoms with Gasteiger partial charge in [-0.2, -0.15) is 13.2 Å². The van der Waals surface area contributed by atoms with E-state index in [2.05, 4.69) is 10.3 Å². The third kappa shape index (κ3) is 7.66. The number of halogens is 3. The number of rotatable bonds is 7. The van der Waals surface area contributed by atoms with Crippen molar-refractivity contribution in [3.05, 3.63) is 29.8 Å². The van der Waals surface area contributed by atoms with Crippen LogP contribution in [0.25, 0.3) is 0 Å². The number of guanidine groups is 1. The first-order chi connectivity index (χ1) is 12.9. The van der Waals surface area contributed by atoms with E-state index in [1.54, 1.807) is 31.3 Å². The summed E-state index contributed by atoms with van der Waals surface area (Å²) < 4.78 is 47.5. The molecule has 1 aromatic rings. The molecule has 2 rings (SSSR count). The summed E-state index contributed by atoms with van der Waals surface area (Å²) >= 11 is 0. The first-order valence-electron chi connectivity index (χ1n) is 9.16. The van der Waals surface area contributed by atoms with Gasteiger partial charge in [0.2, 0.25) is 0 Å². The van der Waals surface area contributed by atoms with Crippen LogP contribution in [0.2, 0.25) is 0 Å². The molecule has 0 amide bonds. The molecule has 27 heavy (non-hydrogen) atoms. The molecule has 0 aromatic heterocycles. The van der Waals surface area contributed by atoms with Gasteiger partial charge in [0.25, 0.3) is 0 Å². The van der Waals surface area contributed by atoms with Gasteiger partial charge in [-0.1, -0.05) is 18.2 Å². The second-order valence-corrected chi connectivity index (χ2v) is 6.68. The van der Waals surface area contributed by atoms with Crippen molar-refractivity contribution in [2.75, 3.05) is 40.5 Å². The highest BCUT2D eigenvalue weighted by atomic mass is 19.4. The van der Waals surface area contributed by atoms with Crippen LogP contribution >= 0.6 is 0 Å². The van der Waals surface area contributed by atoms with E-state index in [1.807, 2.05) is 11.9 Å². The van der Waals surface area contributed by atoms with E-state index in [-0.39, 0.29) is 5.75 Å². The molecule has 1 heterocycles. The maximum Gasteiger partial charge on any atom is 0.422 e. The summed E-state index contributed by atoms with van der Waals surface area (Å²) in [4.78, 5) is 6.30. The fourth-order valence-corrected chi connectivity index (χ4v) is 3.03. The van der Waals surface area contributed by atoms with Crippen LogP contribution in [0.1, 0.15) is 24.8 Å². The van der Waals surface area contributed by atoms with Crippen molar-refractivity contribution >= 4 is 5.96 Å². The third-order valence-electron chi connectivity index (χ3n) is 4.59. The van der Waals surface area contributed by atoms with Crippen LogP contribution < -0.4 is 10.1 Å². The highest BCUT2D eigenvalue weighted by Gasteiger charge is 2.28. The minimum atomic E-state index is -4.36. The third-order valence-corrected chi connectivity index (χ3v) is 4.59. The Morgan fingerprint density at radius 3 is 2.67 bits per heavy atom. The summed E-state index contributed by atoms with van der Waals surface area (Å²) in [7, 11) is 3.65. The summed E-state index contributed by atoms with van der Waals surface area (Å²) in [5.74, 6) is 1.59. The van der Waals surface area contributed by atoms with Crippen molar-refractivity contribution in [3.63, 3.8) is 0 Å². The summed E-state index contributed by atoms with van der Waals surface area (Å²) in [5, 5.41) is 3.20. The molecule has 1 aliphatic rings. The van der Waals surface area contributed by atoms with Crippen LogP contribution in [0, 0.1) is 5.92 Å². The predicted molar refractivity (Wildman–Crippen MR) is 99.0 cm³/mol. The van der Waals surface area contributed by atoms with Crippen molar-refractivity contribution in [2.24, 2.45) is 10.9 Å². The van der Waals surface area contributed by atoms with Crippen molar-refractivity contribution in [2.45, 2.75) is 32.0 Å². The lowest BCUT2D eigenvalue weighted by molar-refractivity contribution is -0.153. The molecule has 1 N–H and O–H groups in total. The maximum absolute atomic E-state index is 12.4. The van der Waals surface area contributed by atoms with Crippen molar-refractivity contribution in [1.82, 2.24) is 10.2 Å². The van der Waals surface area contributed by atoms with Crippen LogP contribution in [-0.4, -0.2) is 57.5 Å². The SMILES string of the molecule is CN=C(NCc1ccccc1OCC(F)(F)F)N(C)CCC1CCOCC1. The van der Waals surface area contributed by atoms with Gasteiger partial charge in [0.05, 0.1) is 0 Å². The Morgan fingerprint density at radius 2 is 2.00 bits per heavy atom. The number of nitrogens with one attached hydrogen (secondary N) is 1. The molecule has 152 valence electrons. The van der Waals surface area contributed by atoms with E-state index in [0.717, 1.165) is 39.0 Å². The van der Waals surface area contributed by atoms with E-state index in [4.69, 9.17) is 9.47 Å². The highest BCUT2D eigenvalue weighted by Crippen LogP contribution is 2.22. The second kappa shape index (κ2) is 10.4. The first kappa shape index (κ1) is 21.3. The standard InChI is InChI=1S/C19H28F3N3O2/c1-23-18(25(2)10-7-15-8-11-26-12-9-15)24-13-16-5-3-4-6-17(16)27-14-19(20,21)22/h3-6,15H,7-14H2,1-2H3,(H,23,24). The summed E-state index contributed by atoms with van der Waals surface area (Å²) in [6.45, 7) is 1.55. The number of hydrogen-bond donors (Lipinski definition) is 1. The van der Waals surface area contributed by atoms with Gasteiger partial charge in [0.1, 0.15) is 5.75 Å². The van der Waals surface area contributed by atoms with Gasteiger partial charge in [-0.15, -0.1) is 0 Å². The predicted octanol–water partition coefficient (Wildman–Crippen LogP) is 3.45. The van der Waals surface area contributed by atoms with Crippen molar-refractivity contribution in [3.8, 4) is 5.75 Å². The van der Waals surface area contributed by atoms with Crippen molar-refractivity contribution in [1.29, 1.82) is 0 Å². The normalized spacial score (nSPS) is 16.3. The lowest BCUT2D eigenvalue weighted by Crippen LogP contribution is -2.39. The zero-order valence-electron chi connectivity index (χ0n) is 15.9. The molecule has 0 radical (unpaired) electrons. The van der Waals surface area contributed by atoms with Gasteiger partial charge in [-0.05, 0) is 31.2 Å². The largest absolute Gasteiger partial charge is 0.484 e. The number of aliphatic imine (C=N–C) groups is 1. The Labute approximate surface area is 158 Å². The second-order valence-electron chi connectivity index (χ2n) is 6.68. The fourth-order valence-electron chi connectivity index (χ4n) is 3.03. The number of benzene rings is 1. The molecule has 8 heteroatoms. The molecule has 1 aliphatic heterocycles. The molecule has 0 spiro atoms. The van der Waals surface area contributed by atoms with E-state index >= 15 is 0 Å². The molecular formula is C19H28F3N3O2. The Bertz CT molecular complexity index is 602. The zero-order chi connectivity index (χ0) is 19.7. The Hall–Kier alpha value is -1.96. The first-order valence-corrected chi connectivity index (χ1v) is 9.16. The van der Waals surface area contributed by atoms with Crippen LogP contribution in [0.5, 0.6) is 5.75 Å². The van der Waals surface area contributed by atoms with E-state index in [9.17, 15) is 13.2 Å². The molecule has 1 saturated heterocycles. The molecule has 0 atom stereocenters. The maximum atomic E-state index is 12.4. The molecule has 5 nitrogen and oxygen atoms in total. The molecule has 0 bridgehead atoms. The molecule has 0 saturated carbocycles. The van der Waals surface area contributed by atoms with Gasteiger partial charge in [-0.3, -0.25) is 4.99 Å². The fraction of sp³-hybridized carbons (Fsp3) is 0.632. The minimum absolute atomic E-state index is 0.225. The average Bonchev–Trinajstić information content (AvgIpc) is 2.66. The van der Waals surface area contributed by atoms with Gasteiger partial charge < -0.3 is 19.7 Å². The van der Waals surface area contributed by atoms with Gasteiger partial charge in [-0.25, -0.2) is 0 Å². The number of nitrogens with zero attached hydrogens (tertiary/aromatic N) is 2. The smallest absolute Gasteiger partial charge is 0.422 e. The Morgan fingerprint density at radius 1 is 1.30 bits per heavy atom. The quantitative estimate of drug-likeness (QED) is 0.575. The average molecular weight is 387 g/mol. The number of hydrogen-bond acceptors (Lipinski definition) is 3. The monoisotopic (exact) mass is 387 g/mol. The van der Waals surface area contributed by atoms with E-state index in [1.165, 1.54) is 0 Å². The highest BCUT2D eigenvalue weighted by molar-refractivity contribution is 5.79. The molecule has 1 aromatic carbocycles. The lowest BCUT2D eigenvalue weighted by Gasteiger charge is -2.27.